The van der Waals surface area contributed by atoms with Gasteiger partial charge in [-0.1, -0.05) is 0 Å². The Morgan fingerprint density at radius 1 is 1.48 bits per heavy atom. The minimum Gasteiger partial charge on any atom is -0.506 e. The van der Waals surface area contributed by atoms with Crippen LogP contribution in [0.25, 0.3) is 0 Å². The molecule has 2 aliphatic rings. The number of aliphatic hydroxyl groups is 2. The van der Waals surface area contributed by atoms with Crippen LogP contribution in [-0.4, -0.2) is 60.3 Å². The fourth-order valence-electron chi connectivity index (χ4n) is 2.33. The van der Waals surface area contributed by atoms with Crippen molar-refractivity contribution in [3.05, 3.63) is 23.3 Å². The van der Waals surface area contributed by atoms with Gasteiger partial charge in [-0.05, 0) is 19.4 Å². The predicted octanol–water partition coefficient (Wildman–Crippen LogP) is -0.466. The van der Waals surface area contributed by atoms with Crippen LogP contribution in [0.15, 0.2) is 23.3 Å². The van der Waals surface area contributed by atoms with Crippen LogP contribution < -0.4 is 11.1 Å². The molecule has 120 valence electrons. The quantitative estimate of drug-likeness (QED) is 0.540. The molecule has 2 aliphatic heterocycles. The van der Waals surface area contributed by atoms with E-state index in [4.69, 9.17) is 19.9 Å². The maximum absolute atomic E-state index is 10.1. The van der Waals surface area contributed by atoms with E-state index in [2.05, 4.69) is 5.32 Å². The highest BCUT2D eigenvalue weighted by atomic mass is 16.6. The van der Waals surface area contributed by atoms with Gasteiger partial charge in [0.15, 0.2) is 18.2 Å². The van der Waals surface area contributed by atoms with Gasteiger partial charge in [-0.3, -0.25) is 0 Å². The second-order valence-corrected chi connectivity index (χ2v) is 5.01. The van der Waals surface area contributed by atoms with Gasteiger partial charge in [-0.2, -0.15) is 0 Å². The maximum Gasteiger partial charge on any atom is 0.208 e. The minimum absolute atomic E-state index is 0.0421. The van der Waals surface area contributed by atoms with Crippen LogP contribution in [-0.2, 0) is 14.2 Å². The van der Waals surface area contributed by atoms with Crippen LogP contribution in [0.1, 0.15) is 13.8 Å². The molecule has 4 atom stereocenters. The van der Waals surface area contributed by atoms with Gasteiger partial charge in [0.2, 0.25) is 6.23 Å². The summed E-state index contributed by atoms with van der Waals surface area (Å²) in [7, 11) is 1.51. The standard InChI is InChI=1S/C13H23N3O5/c1-7-6-16(13(19-3)15-11(7)18)12-10(20-5-4-14)9(17)8(2)21-12/h6,10-13,15,17-18H,4-5,14H2,1-3H3/t10?,11?,12-,13?/m1/s1. The first-order valence-electron chi connectivity index (χ1n) is 6.80. The van der Waals surface area contributed by atoms with Crippen molar-refractivity contribution in [3.8, 4) is 0 Å². The molecule has 0 aliphatic carbocycles. The van der Waals surface area contributed by atoms with Gasteiger partial charge in [0.25, 0.3) is 0 Å². The van der Waals surface area contributed by atoms with Crippen molar-refractivity contribution >= 4 is 0 Å². The molecular weight excluding hydrogens is 278 g/mol. The zero-order valence-corrected chi connectivity index (χ0v) is 12.4. The number of ether oxygens (including phenoxy) is 3. The molecule has 0 bridgehead atoms. The number of aliphatic hydroxyl groups excluding tert-OH is 2. The van der Waals surface area contributed by atoms with E-state index < -0.39 is 24.9 Å². The van der Waals surface area contributed by atoms with Crippen molar-refractivity contribution in [2.24, 2.45) is 5.73 Å². The van der Waals surface area contributed by atoms with Crippen molar-refractivity contribution in [1.82, 2.24) is 10.2 Å². The Balaban J connectivity index is 2.22. The zero-order chi connectivity index (χ0) is 15.6. The van der Waals surface area contributed by atoms with Gasteiger partial charge < -0.3 is 35.1 Å². The monoisotopic (exact) mass is 301 g/mol. The van der Waals surface area contributed by atoms with Crippen molar-refractivity contribution in [2.75, 3.05) is 20.3 Å². The van der Waals surface area contributed by atoms with Crippen molar-refractivity contribution in [3.63, 3.8) is 0 Å². The minimum atomic E-state index is -0.793. The lowest BCUT2D eigenvalue weighted by atomic mass is 10.2. The van der Waals surface area contributed by atoms with Gasteiger partial charge in [-0.15, -0.1) is 0 Å². The molecule has 2 rings (SSSR count). The smallest absolute Gasteiger partial charge is 0.208 e. The number of hydrogen-bond donors (Lipinski definition) is 4. The first-order valence-corrected chi connectivity index (χ1v) is 6.80. The summed E-state index contributed by atoms with van der Waals surface area (Å²) in [4.78, 5) is 1.72. The van der Waals surface area contributed by atoms with E-state index in [0.29, 0.717) is 24.5 Å². The van der Waals surface area contributed by atoms with Crippen molar-refractivity contribution in [2.45, 2.75) is 38.8 Å². The summed E-state index contributed by atoms with van der Waals surface area (Å²) >= 11 is 0. The van der Waals surface area contributed by atoms with Crippen molar-refractivity contribution in [1.29, 1.82) is 0 Å². The van der Waals surface area contributed by atoms with Crippen LogP contribution in [0.4, 0.5) is 0 Å². The lowest BCUT2D eigenvalue weighted by Crippen LogP contribution is -2.58. The Morgan fingerprint density at radius 2 is 2.19 bits per heavy atom. The third-order valence-corrected chi connectivity index (χ3v) is 3.47. The lowest BCUT2D eigenvalue weighted by Gasteiger charge is -2.41. The Hall–Kier alpha value is -1.32. The second kappa shape index (κ2) is 6.63. The van der Waals surface area contributed by atoms with Crippen LogP contribution in [0.5, 0.6) is 0 Å². The third-order valence-electron chi connectivity index (χ3n) is 3.47. The van der Waals surface area contributed by atoms with E-state index in [1.807, 2.05) is 0 Å². The Kier molecular flexibility index (Phi) is 5.07. The molecule has 0 aromatic rings. The van der Waals surface area contributed by atoms with Crippen LogP contribution >= 0.6 is 0 Å². The molecule has 0 aromatic carbocycles. The van der Waals surface area contributed by atoms with Crippen molar-refractivity contribution < 1.29 is 24.4 Å². The summed E-state index contributed by atoms with van der Waals surface area (Å²) in [5, 5.41) is 22.8. The number of nitrogens with two attached hydrogens (primary N) is 1. The number of allylic oxidation sites excluding steroid dienone is 1. The van der Waals surface area contributed by atoms with Gasteiger partial charge in [0, 0.05) is 19.9 Å². The first kappa shape index (κ1) is 16.1. The summed E-state index contributed by atoms with van der Waals surface area (Å²) in [6.07, 6.45) is -0.927. The van der Waals surface area contributed by atoms with Gasteiger partial charge in [-0.25, -0.2) is 5.32 Å². The summed E-state index contributed by atoms with van der Waals surface area (Å²) in [6, 6.07) is 0. The van der Waals surface area contributed by atoms with Crippen LogP contribution in [0, 0.1) is 0 Å². The fourth-order valence-corrected chi connectivity index (χ4v) is 2.33. The fraction of sp³-hybridized carbons (Fsp3) is 0.692. The molecule has 0 spiro atoms. The topological polar surface area (TPSA) is 109 Å². The maximum atomic E-state index is 10.1. The molecule has 21 heavy (non-hydrogen) atoms. The zero-order valence-electron chi connectivity index (χ0n) is 12.4. The van der Waals surface area contributed by atoms with Gasteiger partial charge >= 0.3 is 0 Å². The summed E-state index contributed by atoms with van der Waals surface area (Å²) in [6.45, 7) is 4.08. The van der Waals surface area contributed by atoms with Gasteiger partial charge in [0.05, 0.1) is 6.61 Å². The third kappa shape index (κ3) is 3.14. The molecule has 5 N–H and O–H groups in total. The normalized spacial score (nSPS) is 33.2. The van der Waals surface area contributed by atoms with E-state index in [9.17, 15) is 10.2 Å². The molecule has 8 nitrogen and oxygen atoms in total. The second-order valence-electron chi connectivity index (χ2n) is 5.01. The molecule has 0 fully saturated rings. The average molecular weight is 301 g/mol. The first-order chi connectivity index (χ1) is 9.99. The SMILES string of the molecule is COC1NC(O)C(C)=CN1[C@@H]1OC(C)=C(O)C1OCCN. The number of hydrogen-bond acceptors (Lipinski definition) is 8. The number of nitrogens with zero attached hydrogens (tertiary/aromatic N) is 1. The molecule has 0 aromatic heterocycles. The number of rotatable bonds is 5. The largest absolute Gasteiger partial charge is 0.506 e. The molecular formula is C13H23N3O5. The molecule has 0 saturated heterocycles. The summed E-state index contributed by atoms with van der Waals surface area (Å²) < 4.78 is 16.6. The lowest BCUT2D eigenvalue weighted by molar-refractivity contribution is -0.162. The van der Waals surface area contributed by atoms with E-state index in [-0.39, 0.29) is 5.76 Å². The highest BCUT2D eigenvalue weighted by Gasteiger charge is 2.43. The van der Waals surface area contributed by atoms with Crippen LogP contribution in [0.2, 0.25) is 0 Å². The molecule has 2 heterocycles. The highest BCUT2D eigenvalue weighted by Crippen LogP contribution is 2.31. The number of methoxy groups -OCH3 is 1. The molecule has 8 heteroatoms. The number of nitrogens with one attached hydrogen (secondary N) is 1. The Bertz CT molecular complexity index is 440. The molecule has 3 unspecified atom stereocenters. The van der Waals surface area contributed by atoms with E-state index >= 15 is 0 Å². The molecule has 0 amide bonds. The summed E-state index contributed by atoms with van der Waals surface area (Å²) in [5.74, 6) is 0.439. The molecule has 0 radical (unpaired) electrons. The van der Waals surface area contributed by atoms with Crippen LogP contribution in [0.3, 0.4) is 0 Å². The van der Waals surface area contributed by atoms with E-state index in [1.54, 1.807) is 24.9 Å². The molecule has 0 saturated carbocycles. The van der Waals surface area contributed by atoms with E-state index in [1.165, 1.54) is 7.11 Å². The van der Waals surface area contributed by atoms with Gasteiger partial charge in [0.1, 0.15) is 12.0 Å². The summed E-state index contributed by atoms with van der Waals surface area (Å²) in [5.41, 5.74) is 6.15. The van der Waals surface area contributed by atoms with E-state index in [0.717, 1.165) is 0 Å². The average Bonchev–Trinajstić information content (AvgIpc) is 2.75. The Labute approximate surface area is 123 Å². The highest BCUT2D eigenvalue weighted by molar-refractivity contribution is 5.16. The Morgan fingerprint density at radius 3 is 2.81 bits per heavy atom. The predicted molar refractivity (Wildman–Crippen MR) is 74.5 cm³/mol.